The van der Waals surface area contributed by atoms with Gasteiger partial charge in [0.2, 0.25) is 5.91 Å². The number of ether oxygens (including phenoxy) is 1. The second-order valence-electron chi connectivity index (χ2n) is 5.16. The molecule has 1 amide bonds. The van der Waals surface area contributed by atoms with E-state index in [4.69, 9.17) is 16.3 Å². The molecule has 4 heteroatoms. The molecule has 19 heavy (non-hydrogen) atoms. The van der Waals surface area contributed by atoms with Crippen molar-refractivity contribution in [3.05, 3.63) is 29.8 Å². The highest BCUT2D eigenvalue weighted by Crippen LogP contribution is 2.40. The molecule has 1 aromatic carbocycles. The summed E-state index contributed by atoms with van der Waals surface area (Å²) in [6, 6.07) is 8.47. The zero-order valence-electron chi connectivity index (χ0n) is 11.6. The van der Waals surface area contributed by atoms with E-state index in [-0.39, 0.29) is 5.91 Å². The van der Waals surface area contributed by atoms with Gasteiger partial charge >= 0.3 is 0 Å². The maximum absolute atomic E-state index is 11.8. The number of amides is 1. The summed E-state index contributed by atoms with van der Waals surface area (Å²) in [6.45, 7) is 1.72. The minimum atomic E-state index is -0.444. The Kier molecular flexibility index (Phi) is 4.35. The number of hydrogen-bond acceptors (Lipinski definition) is 2. The van der Waals surface area contributed by atoms with E-state index in [0.29, 0.717) is 12.0 Å². The van der Waals surface area contributed by atoms with Gasteiger partial charge in [0.25, 0.3) is 0 Å². The molecule has 1 fully saturated rings. The minimum absolute atomic E-state index is 0.00996. The van der Waals surface area contributed by atoms with Crippen LogP contribution in [0.1, 0.15) is 31.2 Å². The fourth-order valence-corrected chi connectivity index (χ4v) is 2.69. The number of carbonyl (C=O) groups excluding carboxylic acids is 1. The molecule has 1 atom stereocenters. The van der Waals surface area contributed by atoms with Crippen LogP contribution in [-0.2, 0) is 4.79 Å². The molecule has 0 spiro atoms. The molecule has 0 saturated heterocycles. The Hall–Kier alpha value is -1.22. The lowest BCUT2D eigenvalue weighted by Gasteiger charge is -2.42. The summed E-state index contributed by atoms with van der Waals surface area (Å²) >= 11 is 5.83. The fraction of sp³-hybridized carbons (Fsp3) is 0.533. The van der Waals surface area contributed by atoms with E-state index < -0.39 is 5.38 Å². The summed E-state index contributed by atoms with van der Waals surface area (Å²) in [5, 5.41) is -0.444. The van der Waals surface area contributed by atoms with Crippen molar-refractivity contribution in [1.82, 2.24) is 4.90 Å². The Morgan fingerprint density at radius 3 is 2.74 bits per heavy atom. The lowest BCUT2D eigenvalue weighted by Crippen LogP contribution is -2.46. The summed E-state index contributed by atoms with van der Waals surface area (Å²) in [5.74, 6) is 1.41. The molecular formula is C15H20ClNO2. The molecule has 0 radical (unpaired) electrons. The van der Waals surface area contributed by atoms with Crippen LogP contribution in [0.2, 0.25) is 0 Å². The number of carbonyl (C=O) groups is 1. The number of methoxy groups -OCH3 is 1. The van der Waals surface area contributed by atoms with Crippen molar-refractivity contribution in [3.8, 4) is 5.75 Å². The summed E-state index contributed by atoms with van der Waals surface area (Å²) in [5.41, 5.74) is 1.29. The van der Waals surface area contributed by atoms with Crippen molar-refractivity contribution in [2.24, 2.45) is 0 Å². The van der Waals surface area contributed by atoms with E-state index >= 15 is 0 Å². The molecule has 0 bridgehead atoms. The van der Waals surface area contributed by atoms with Gasteiger partial charge in [0.15, 0.2) is 0 Å². The summed E-state index contributed by atoms with van der Waals surface area (Å²) in [4.78, 5) is 13.6. The van der Waals surface area contributed by atoms with Gasteiger partial charge < -0.3 is 9.64 Å². The van der Waals surface area contributed by atoms with Gasteiger partial charge in [0.05, 0.1) is 7.11 Å². The van der Waals surface area contributed by atoms with E-state index in [1.54, 1.807) is 18.9 Å². The first-order valence-electron chi connectivity index (χ1n) is 6.57. The average molecular weight is 282 g/mol. The van der Waals surface area contributed by atoms with Crippen molar-refractivity contribution in [2.45, 2.75) is 37.1 Å². The maximum Gasteiger partial charge on any atom is 0.240 e. The number of nitrogens with zero attached hydrogens (tertiary/aromatic N) is 1. The SMILES string of the molecule is COc1cccc(C2CC(N(C)C(=O)C(C)Cl)C2)c1. The molecule has 1 unspecified atom stereocenters. The first-order valence-corrected chi connectivity index (χ1v) is 7.01. The Morgan fingerprint density at radius 2 is 2.16 bits per heavy atom. The first kappa shape index (κ1) is 14.2. The van der Waals surface area contributed by atoms with Crippen LogP contribution in [0.4, 0.5) is 0 Å². The molecule has 0 heterocycles. The van der Waals surface area contributed by atoms with Crippen LogP contribution in [0.25, 0.3) is 0 Å². The predicted molar refractivity (Wildman–Crippen MR) is 76.8 cm³/mol. The van der Waals surface area contributed by atoms with Crippen LogP contribution >= 0.6 is 11.6 Å². The van der Waals surface area contributed by atoms with Gasteiger partial charge in [-0.05, 0) is 43.4 Å². The third-order valence-electron chi connectivity index (χ3n) is 3.91. The fourth-order valence-electron chi connectivity index (χ4n) is 2.53. The van der Waals surface area contributed by atoms with Gasteiger partial charge in [-0.15, -0.1) is 11.6 Å². The highest BCUT2D eigenvalue weighted by Gasteiger charge is 2.35. The second-order valence-corrected chi connectivity index (χ2v) is 5.82. The van der Waals surface area contributed by atoms with E-state index in [0.717, 1.165) is 18.6 Å². The van der Waals surface area contributed by atoms with Gasteiger partial charge in [-0.25, -0.2) is 0 Å². The minimum Gasteiger partial charge on any atom is -0.497 e. The van der Waals surface area contributed by atoms with Crippen molar-refractivity contribution in [2.75, 3.05) is 14.2 Å². The molecule has 0 N–H and O–H groups in total. The maximum atomic E-state index is 11.8. The molecule has 1 aromatic rings. The number of benzene rings is 1. The van der Waals surface area contributed by atoms with E-state index in [1.807, 2.05) is 19.2 Å². The Labute approximate surface area is 119 Å². The van der Waals surface area contributed by atoms with Crippen molar-refractivity contribution in [3.63, 3.8) is 0 Å². The number of alkyl halides is 1. The zero-order valence-corrected chi connectivity index (χ0v) is 12.4. The smallest absolute Gasteiger partial charge is 0.240 e. The van der Waals surface area contributed by atoms with Crippen LogP contribution in [-0.4, -0.2) is 36.4 Å². The monoisotopic (exact) mass is 281 g/mol. The number of rotatable bonds is 4. The molecule has 1 aliphatic rings. The average Bonchev–Trinajstić information content (AvgIpc) is 2.36. The summed E-state index contributed by atoms with van der Waals surface area (Å²) < 4.78 is 5.24. The van der Waals surface area contributed by atoms with Gasteiger partial charge in [-0.3, -0.25) is 4.79 Å². The number of halogens is 1. The van der Waals surface area contributed by atoms with E-state index in [2.05, 4.69) is 12.1 Å². The Morgan fingerprint density at radius 1 is 1.47 bits per heavy atom. The molecule has 0 aliphatic heterocycles. The van der Waals surface area contributed by atoms with Crippen molar-refractivity contribution < 1.29 is 9.53 Å². The Balaban J connectivity index is 1.94. The van der Waals surface area contributed by atoms with Crippen LogP contribution in [0.15, 0.2) is 24.3 Å². The lowest BCUT2D eigenvalue weighted by molar-refractivity contribution is -0.133. The lowest BCUT2D eigenvalue weighted by atomic mass is 9.75. The highest BCUT2D eigenvalue weighted by atomic mass is 35.5. The molecule has 1 saturated carbocycles. The molecule has 2 rings (SSSR count). The largest absolute Gasteiger partial charge is 0.497 e. The Bertz CT molecular complexity index is 455. The van der Waals surface area contributed by atoms with Crippen LogP contribution in [0.5, 0.6) is 5.75 Å². The molecular weight excluding hydrogens is 262 g/mol. The van der Waals surface area contributed by atoms with Crippen molar-refractivity contribution in [1.29, 1.82) is 0 Å². The van der Waals surface area contributed by atoms with Crippen LogP contribution < -0.4 is 4.74 Å². The highest BCUT2D eigenvalue weighted by molar-refractivity contribution is 6.30. The quantitative estimate of drug-likeness (QED) is 0.794. The number of hydrogen-bond donors (Lipinski definition) is 0. The third kappa shape index (κ3) is 3.03. The standard InChI is InChI=1S/C15H20ClNO2/c1-10(16)15(18)17(2)13-7-12(8-13)11-5-4-6-14(9-11)19-3/h4-6,9-10,12-13H,7-8H2,1-3H3. The molecule has 1 aliphatic carbocycles. The topological polar surface area (TPSA) is 29.5 Å². The third-order valence-corrected chi connectivity index (χ3v) is 4.10. The van der Waals surface area contributed by atoms with Gasteiger partial charge in [0, 0.05) is 13.1 Å². The second kappa shape index (κ2) is 5.83. The molecule has 104 valence electrons. The zero-order chi connectivity index (χ0) is 14.0. The van der Waals surface area contributed by atoms with Gasteiger partial charge in [-0.2, -0.15) is 0 Å². The first-order chi connectivity index (χ1) is 9.02. The molecule has 3 nitrogen and oxygen atoms in total. The summed E-state index contributed by atoms with van der Waals surface area (Å²) in [7, 11) is 3.52. The van der Waals surface area contributed by atoms with Gasteiger partial charge in [-0.1, -0.05) is 12.1 Å². The van der Waals surface area contributed by atoms with Crippen LogP contribution in [0, 0.1) is 0 Å². The normalized spacial score (nSPS) is 23.4. The van der Waals surface area contributed by atoms with E-state index in [9.17, 15) is 4.79 Å². The van der Waals surface area contributed by atoms with Crippen molar-refractivity contribution >= 4 is 17.5 Å². The predicted octanol–water partition coefficient (Wildman–Crippen LogP) is 3.03. The van der Waals surface area contributed by atoms with E-state index in [1.165, 1.54) is 5.56 Å². The van der Waals surface area contributed by atoms with Gasteiger partial charge in [0.1, 0.15) is 11.1 Å². The molecule has 0 aromatic heterocycles. The summed E-state index contributed by atoms with van der Waals surface area (Å²) in [6.07, 6.45) is 2.00. The van der Waals surface area contributed by atoms with Crippen LogP contribution in [0.3, 0.4) is 0 Å².